The number of esters is 1. The molecule has 1 heterocycles. The fraction of sp³-hybridized carbons (Fsp3) is 0.0455. The quantitative estimate of drug-likeness (QED) is 0.525. The topological polar surface area (TPSA) is 84.1 Å². The average molecular weight is 371 g/mol. The summed E-state index contributed by atoms with van der Waals surface area (Å²) in [5, 5.41) is 2.89. The number of imidazole rings is 1. The average Bonchev–Trinajstić information content (AvgIpc) is 3.17. The Morgan fingerprint density at radius 2 is 1.68 bits per heavy atom. The van der Waals surface area contributed by atoms with E-state index in [1.165, 1.54) is 7.11 Å². The van der Waals surface area contributed by atoms with Gasteiger partial charge in [-0.15, -0.1) is 0 Å². The third kappa shape index (κ3) is 3.48. The molecule has 0 bridgehead atoms. The highest BCUT2D eigenvalue weighted by Gasteiger charge is 2.10. The number of hydrogen-bond acceptors (Lipinski definition) is 4. The molecule has 0 aliphatic rings. The third-order valence-electron chi connectivity index (χ3n) is 4.36. The molecule has 6 heteroatoms. The van der Waals surface area contributed by atoms with Gasteiger partial charge in [0.1, 0.15) is 5.82 Å². The fourth-order valence-electron chi connectivity index (χ4n) is 2.90. The Kier molecular flexibility index (Phi) is 4.60. The van der Waals surface area contributed by atoms with Crippen molar-refractivity contribution in [1.29, 1.82) is 0 Å². The lowest BCUT2D eigenvalue weighted by Gasteiger charge is -2.04. The zero-order valence-corrected chi connectivity index (χ0v) is 15.1. The number of amides is 1. The van der Waals surface area contributed by atoms with Gasteiger partial charge in [-0.1, -0.05) is 30.3 Å². The molecule has 0 atom stereocenters. The number of methoxy groups -OCH3 is 1. The van der Waals surface area contributed by atoms with Gasteiger partial charge in [0.25, 0.3) is 5.91 Å². The van der Waals surface area contributed by atoms with Crippen molar-refractivity contribution < 1.29 is 14.3 Å². The minimum Gasteiger partial charge on any atom is -0.465 e. The summed E-state index contributed by atoms with van der Waals surface area (Å²) < 4.78 is 4.71. The molecule has 0 fully saturated rings. The van der Waals surface area contributed by atoms with Crippen molar-refractivity contribution in [1.82, 2.24) is 9.97 Å². The Balaban J connectivity index is 1.58. The van der Waals surface area contributed by atoms with Crippen LogP contribution in [0.15, 0.2) is 72.8 Å². The maximum Gasteiger partial charge on any atom is 0.337 e. The number of anilines is 1. The Hall–Kier alpha value is -3.93. The molecule has 0 saturated carbocycles. The maximum absolute atomic E-state index is 12.3. The molecule has 0 aliphatic heterocycles. The first-order valence-corrected chi connectivity index (χ1v) is 8.69. The number of hydrogen-bond donors (Lipinski definition) is 2. The van der Waals surface area contributed by atoms with E-state index in [1.54, 1.807) is 24.3 Å². The molecule has 0 saturated heterocycles. The Morgan fingerprint density at radius 3 is 2.39 bits per heavy atom. The van der Waals surface area contributed by atoms with Crippen LogP contribution in [0.3, 0.4) is 0 Å². The van der Waals surface area contributed by atoms with Gasteiger partial charge < -0.3 is 15.0 Å². The van der Waals surface area contributed by atoms with E-state index in [4.69, 9.17) is 4.74 Å². The van der Waals surface area contributed by atoms with Gasteiger partial charge in [0.2, 0.25) is 0 Å². The first kappa shape index (κ1) is 17.5. The van der Waals surface area contributed by atoms with Crippen LogP contribution < -0.4 is 5.32 Å². The van der Waals surface area contributed by atoms with Crippen molar-refractivity contribution in [3.8, 4) is 11.4 Å². The summed E-state index contributed by atoms with van der Waals surface area (Å²) in [6.07, 6.45) is 0. The summed E-state index contributed by atoms with van der Waals surface area (Å²) >= 11 is 0. The summed E-state index contributed by atoms with van der Waals surface area (Å²) in [5.41, 5.74) is 4.19. The van der Waals surface area contributed by atoms with Crippen LogP contribution >= 0.6 is 0 Å². The number of nitrogens with one attached hydrogen (secondary N) is 2. The summed E-state index contributed by atoms with van der Waals surface area (Å²) in [6.45, 7) is 0. The number of H-pyrrole nitrogens is 1. The van der Waals surface area contributed by atoms with E-state index in [0.29, 0.717) is 22.6 Å². The van der Waals surface area contributed by atoms with Crippen LogP contribution in [0.25, 0.3) is 22.4 Å². The smallest absolute Gasteiger partial charge is 0.337 e. The van der Waals surface area contributed by atoms with Gasteiger partial charge in [0.05, 0.1) is 23.7 Å². The third-order valence-corrected chi connectivity index (χ3v) is 4.36. The van der Waals surface area contributed by atoms with Crippen LogP contribution in [0.2, 0.25) is 0 Å². The van der Waals surface area contributed by atoms with E-state index in [1.807, 2.05) is 48.5 Å². The molecule has 2 N–H and O–H groups in total. The van der Waals surface area contributed by atoms with Crippen LogP contribution in [-0.4, -0.2) is 29.0 Å². The molecule has 4 aromatic rings. The number of nitrogens with zero attached hydrogens (tertiary/aromatic N) is 1. The van der Waals surface area contributed by atoms with E-state index in [0.717, 1.165) is 16.6 Å². The van der Waals surface area contributed by atoms with E-state index in [2.05, 4.69) is 15.3 Å². The van der Waals surface area contributed by atoms with Crippen LogP contribution in [-0.2, 0) is 4.74 Å². The number of ether oxygens (including phenoxy) is 1. The molecular formula is C22H17N3O3. The molecule has 1 amide bonds. The number of aromatic amines is 1. The van der Waals surface area contributed by atoms with Crippen LogP contribution in [0.5, 0.6) is 0 Å². The van der Waals surface area contributed by atoms with Gasteiger partial charge >= 0.3 is 5.97 Å². The van der Waals surface area contributed by atoms with Gasteiger partial charge in [-0.2, -0.15) is 0 Å². The summed E-state index contributed by atoms with van der Waals surface area (Å²) in [5.74, 6) is 0.131. The first-order chi connectivity index (χ1) is 13.6. The molecule has 138 valence electrons. The molecule has 6 nitrogen and oxygen atoms in total. The molecule has 0 spiro atoms. The number of carbonyl (C=O) groups excluding carboxylic acids is 2. The molecule has 0 radical (unpaired) electrons. The van der Waals surface area contributed by atoms with Gasteiger partial charge in [-0.05, 0) is 42.5 Å². The fourth-order valence-corrected chi connectivity index (χ4v) is 2.90. The van der Waals surface area contributed by atoms with Crippen molar-refractivity contribution >= 4 is 28.6 Å². The zero-order valence-electron chi connectivity index (χ0n) is 15.1. The lowest BCUT2D eigenvalue weighted by molar-refractivity contribution is 0.0600. The van der Waals surface area contributed by atoms with Crippen molar-refractivity contribution in [2.24, 2.45) is 0 Å². The van der Waals surface area contributed by atoms with Crippen molar-refractivity contribution in [2.75, 3.05) is 12.4 Å². The largest absolute Gasteiger partial charge is 0.465 e. The number of carbonyl (C=O) groups is 2. The van der Waals surface area contributed by atoms with Crippen LogP contribution in [0.4, 0.5) is 5.69 Å². The molecule has 4 rings (SSSR count). The SMILES string of the molecule is COC(=O)c1ccc(-c2nc3ccc(NC(=O)c4ccccc4)cc3[nH]2)cc1. The Bertz CT molecular complexity index is 1150. The second-order valence-corrected chi connectivity index (χ2v) is 6.21. The normalized spacial score (nSPS) is 10.6. The number of fused-ring (bicyclic) bond motifs is 1. The van der Waals surface area contributed by atoms with E-state index < -0.39 is 0 Å². The van der Waals surface area contributed by atoms with Crippen molar-refractivity contribution in [3.63, 3.8) is 0 Å². The zero-order chi connectivity index (χ0) is 19.5. The number of benzene rings is 3. The molecular weight excluding hydrogens is 354 g/mol. The predicted octanol–water partition coefficient (Wildman–Crippen LogP) is 4.27. The molecule has 3 aromatic carbocycles. The highest BCUT2D eigenvalue weighted by Crippen LogP contribution is 2.23. The minimum atomic E-state index is -0.380. The van der Waals surface area contributed by atoms with E-state index in [-0.39, 0.29) is 11.9 Å². The Morgan fingerprint density at radius 1 is 0.929 bits per heavy atom. The number of aromatic nitrogens is 2. The van der Waals surface area contributed by atoms with Gasteiger partial charge in [0, 0.05) is 16.8 Å². The summed E-state index contributed by atoms with van der Waals surface area (Å²) in [4.78, 5) is 31.7. The highest BCUT2D eigenvalue weighted by atomic mass is 16.5. The Labute approximate surface area is 161 Å². The second kappa shape index (κ2) is 7.36. The van der Waals surface area contributed by atoms with Crippen LogP contribution in [0.1, 0.15) is 20.7 Å². The molecule has 0 aliphatic carbocycles. The van der Waals surface area contributed by atoms with Crippen molar-refractivity contribution in [3.05, 3.63) is 83.9 Å². The monoisotopic (exact) mass is 371 g/mol. The van der Waals surface area contributed by atoms with Crippen LogP contribution in [0, 0.1) is 0 Å². The molecule has 28 heavy (non-hydrogen) atoms. The van der Waals surface area contributed by atoms with Gasteiger partial charge in [-0.3, -0.25) is 4.79 Å². The predicted molar refractivity (Wildman–Crippen MR) is 107 cm³/mol. The summed E-state index contributed by atoms with van der Waals surface area (Å²) in [6, 6.07) is 21.6. The molecule has 1 aromatic heterocycles. The van der Waals surface area contributed by atoms with Gasteiger partial charge in [-0.25, -0.2) is 9.78 Å². The van der Waals surface area contributed by atoms with Crippen molar-refractivity contribution in [2.45, 2.75) is 0 Å². The highest BCUT2D eigenvalue weighted by molar-refractivity contribution is 6.05. The van der Waals surface area contributed by atoms with E-state index in [9.17, 15) is 9.59 Å². The summed E-state index contributed by atoms with van der Waals surface area (Å²) in [7, 11) is 1.35. The lowest BCUT2D eigenvalue weighted by Crippen LogP contribution is -2.11. The number of rotatable bonds is 4. The van der Waals surface area contributed by atoms with E-state index >= 15 is 0 Å². The molecule has 0 unspecified atom stereocenters. The maximum atomic E-state index is 12.3. The standard InChI is InChI=1S/C22H17N3O3/c1-28-22(27)16-9-7-14(8-10-16)20-24-18-12-11-17(13-19(18)25-20)23-21(26)15-5-3-2-4-6-15/h2-13H,1H3,(H,23,26)(H,24,25). The second-order valence-electron chi connectivity index (χ2n) is 6.21. The minimum absolute atomic E-state index is 0.168. The lowest BCUT2D eigenvalue weighted by atomic mass is 10.1. The van der Waals surface area contributed by atoms with Gasteiger partial charge in [0.15, 0.2) is 0 Å². The first-order valence-electron chi connectivity index (χ1n) is 8.69.